The fourth-order valence-corrected chi connectivity index (χ4v) is 5.10. The average Bonchev–Trinajstić information content (AvgIpc) is 3.00. The summed E-state index contributed by atoms with van der Waals surface area (Å²) in [7, 11) is 1.66. The van der Waals surface area contributed by atoms with E-state index in [1.807, 2.05) is 78.9 Å². The second-order valence-electron chi connectivity index (χ2n) is 10.2. The normalized spacial score (nSPS) is 18.8. The number of benzene rings is 4. The molecule has 0 aromatic heterocycles. The van der Waals surface area contributed by atoms with E-state index in [4.69, 9.17) is 18.9 Å². The summed E-state index contributed by atoms with van der Waals surface area (Å²) in [4.78, 5) is 13.7. The van der Waals surface area contributed by atoms with E-state index in [-0.39, 0.29) is 17.8 Å². The quantitative estimate of drug-likeness (QED) is 0.199. The number of carbonyl (C=O) groups excluding carboxylic acids is 1. The molecule has 0 saturated heterocycles. The Morgan fingerprint density at radius 2 is 1.35 bits per heavy atom. The molecule has 1 fully saturated rings. The molecule has 3 unspecified atom stereocenters. The molecule has 5 heteroatoms. The zero-order valence-electron chi connectivity index (χ0n) is 22.9. The number of rotatable bonds is 12. The lowest BCUT2D eigenvalue weighted by atomic mass is 9.84. The van der Waals surface area contributed by atoms with Gasteiger partial charge in [0.25, 0.3) is 0 Å². The van der Waals surface area contributed by atoms with Crippen LogP contribution in [-0.4, -0.2) is 31.7 Å². The van der Waals surface area contributed by atoms with Crippen LogP contribution in [0, 0.1) is 5.92 Å². The fraction of sp³-hybridized carbons (Fsp3) is 0.286. The highest BCUT2D eigenvalue weighted by molar-refractivity contribution is 5.86. The van der Waals surface area contributed by atoms with Gasteiger partial charge in [0.05, 0.1) is 33.0 Å². The van der Waals surface area contributed by atoms with Gasteiger partial charge in [-0.2, -0.15) is 0 Å². The third-order valence-electron chi connectivity index (χ3n) is 7.30. The molecule has 3 atom stereocenters. The highest BCUT2D eigenvalue weighted by Gasteiger charge is 2.39. The van der Waals surface area contributed by atoms with E-state index >= 15 is 0 Å². The van der Waals surface area contributed by atoms with E-state index in [9.17, 15) is 4.79 Å². The van der Waals surface area contributed by atoms with Gasteiger partial charge in [-0.25, -0.2) is 0 Å². The smallest absolute Gasteiger partial charge is 0.178 e. The van der Waals surface area contributed by atoms with Crippen molar-refractivity contribution in [3.63, 3.8) is 0 Å². The Labute approximate surface area is 236 Å². The van der Waals surface area contributed by atoms with Crippen molar-refractivity contribution in [2.45, 2.75) is 44.7 Å². The molecule has 0 heterocycles. The number of para-hydroxylation sites is 1. The zero-order valence-corrected chi connectivity index (χ0v) is 22.9. The van der Waals surface area contributed by atoms with Crippen molar-refractivity contribution in [2.75, 3.05) is 13.7 Å². The van der Waals surface area contributed by atoms with Crippen molar-refractivity contribution in [2.24, 2.45) is 5.92 Å². The molecule has 0 N–H and O–H groups in total. The number of hydrogen-bond donors (Lipinski definition) is 0. The van der Waals surface area contributed by atoms with Crippen LogP contribution in [-0.2, 0) is 33.9 Å². The molecular weight excluding hydrogens is 500 g/mol. The summed E-state index contributed by atoms with van der Waals surface area (Å²) in [6.07, 6.45) is 1.11. The van der Waals surface area contributed by atoms with Crippen molar-refractivity contribution in [1.29, 1.82) is 0 Å². The van der Waals surface area contributed by atoms with Crippen LogP contribution in [0.1, 0.15) is 35.1 Å². The Balaban J connectivity index is 1.29. The highest BCUT2D eigenvalue weighted by atomic mass is 16.5. The van der Waals surface area contributed by atoms with Crippen LogP contribution in [0.5, 0.6) is 11.5 Å². The summed E-state index contributed by atoms with van der Waals surface area (Å²) in [6.45, 7) is 1.31. The largest absolute Gasteiger partial charge is 0.497 e. The van der Waals surface area contributed by atoms with Crippen molar-refractivity contribution in [1.82, 2.24) is 0 Å². The Hall–Kier alpha value is -3.93. The summed E-state index contributed by atoms with van der Waals surface area (Å²) >= 11 is 0. The highest BCUT2D eigenvalue weighted by Crippen LogP contribution is 2.31. The number of hydrogen-bond acceptors (Lipinski definition) is 5. The minimum atomic E-state index is -0.600. The van der Waals surface area contributed by atoms with Crippen LogP contribution >= 0.6 is 0 Å². The second kappa shape index (κ2) is 13.9. The summed E-state index contributed by atoms with van der Waals surface area (Å²) in [5.74, 6) is 1.33. The van der Waals surface area contributed by atoms with Crippen molar-refractivity contribution in [3.05, 3.63) is 131 Å². The summed E-state index contributed by atoms with van der Waals surface area (Å²) in [5.41, 5.74) is 4.37. The molecule has 1 aliphatic carbocycles. The number of ketones is 1. The topological polar surface area (TPSA) is 54.0 Å². The number of methoxy groups -OCH3 is 1. The molecule has 4 aromatic rings. The molecule has 0 spiro atoms. The van der Waals surface area contributed by atoms with Gasteiger partial charge in [0.2, 0.25) is 0 Å². The minimum Gasteiger partial charge on any atom is -0.497 e. The monoisotopic (exact) mass is 536 g/mol. The van der Waals surface area contributed by atoms with Gasteiger partial charge in [0.1, 0.15) is 11.5 Å². The third-order valence-corrected chi connectivity index (χ3v) is 7.30. The van der Waals surface area contributed by atoms with Gasteiger partial charge in [-0.05, 0) is 46.9 Å². The van der Waals surface area contributed by atoms with Crippen molar-refractivity contribution >= 4 is 5.78 Å². The Kier molecular flexibility index (Phi) is 9.62. The molecule has 206 valence electrons. The zero-order chi connectivity index (χ0) is 27.6. The van der Waals surface area contributed by atoms with Gasteiger partial charge in [0.15, 0.2) is 11.9 Å². The maximum atomic E-state index is 13.7. The van der Waals surface area contributed by atoms with E-state index in [1.54, 1.807) is 7.11 Å². The molecule has 0 aliphatic heterocycles. The van der Waals surface area contributed by atoms with Gasteiger partial charge < -0.3 is 18.9 Å². The van der Waals surface area contributed by atoms with Gasteiger partial charge in [-0.15, -0.1) is 0 Å². The molecule has 5 nitrogen and oxygen atoms in total. The molecule has 5 rings (SSSR count). The van der Waals surface area contributed by atoms with E-state index in [2.05, 4.69) is 30.3 Å². The first-order valence-electron chi connectivity index (χ1n) is 13.9. The van der Waals surface area contributed by atoms with E-state index < -0.39 is 6.10 Å². The summed E-state index contributed by atoms with van der Waals surface area (Å²) in [6, 6.07) is 36.1. The van der Waals surface area contributed by atoms with Crippen LogP contribution < -0.4 is 9.47 Å². The minimum absolute atomic E-state index is 0.0758. The molecule has 0 bridgehead atoms. The van der Waals surface area contributed by atoms with Gasteiger partial charge in [0, 0.05) is 18.8 Å². The number of ether oxygens (including phenoxy) is 4. The van der Waals surface area contributed by atoms with Crippen molar-refractivity contribution < 1.29 is 23.7 Å². The fourth-order valence-electron chi connectivity index (χ4n) is 5.10. The predicted octanol–water partition coefficient (Wildman–Crippen LogP) is 6.81. The summed E-state index contributed by atoms with van der Waals surface area (Å²) < 4.78 is 24.1. The van der Waals surface area contributed by atoms with Gasteiger partial charge in [-0.3, -0.25) is 4.79 Å². The molecular formula is C35H36O5. The Morgan fingerprint density at radius 3 is 2.05 bits per heavy atom. The number of carbonyl (C=O) groups is 1. The lowest BCUT2D eigenvalue weighted by molar-refractivity contribution is -0.142. The molecule has 0 radical (unpaired) electrons. The van der Waals surface area contributed by atoms with E-state index in [0.717, 1.165) is 33.8 Å². The second-order valence-corrected chi connectivity index (χ2v) is 10.2. The van der Waals surface area contributed by atoms with E-state index in [0.29, 0.717) is 39.1 Å². The van der Waals surface area contributed by atoms with Crippen LogP contribution in [0.2, 0.25) is 0 Å². The molecule has 40 heavy (non-hydrogen) atoms. The number of Topliss-reactive ketones (excluding diaryl/α,β-unsaturated/α-hetero) is 1. The Bertz CT molecular complexity index is 1340. The predicted molar refractivity (Wildman–Crippen MR) is 156 cm³/mol. The third kappa shape index (κ3) is 7.59. The van der Waals surface area contributed by atoms with Crippen LogP contribution in [0.4, 0.5) is 0 Å². The molecule has 4 aromatic carbocycles. The maximum absolute atomic E-state index is 13.7. The van der Waals surface area contributed by atoms with E-state index in [1.165, 1.54) is 0 Å². The average molecular weight is 537 g/mol. The van der Waals surface area contributed by atoms with Gasteiger partial charge >= 0.3 is 0 Å². The molecule has 1 saturated carbocycles. The summed E-state index contributed by atoms with van der Waals surface area (Å²) in [5, 5.41) is 0. The Morgan fingerprint density at radius 1 is 0.700 bits per heavy atom. The molecule has 0 amide bonds. The lowest BCUT2D eigenvalue weighted by Crippen LogP contribution is -2.45. The first-order chi connectivity index (χ1) is 19.7. The maximum Gasteiger partial charge on any atom is 0.178 e. The van der Waals surface area contributed by atoms with Crippen LogP contribution in [0.15, 0.2) is 109 Å². The van der Waals surface area contributed by atoms with Crippen LogP contribution in [0.3, 0.4) is 0 Å². The lowest BCUT2D eigenvalue weighted by Gasteiger charge is -2.34. The standard InChI is InChI=1S/C35H36O5/c1-37-31-18-16-26(17-19-31)20-29-14-8-9-15-33(29)40-34-22-32(39-24-28-12-6-3-7-13-28)21-30(35(34)36)25-38-23-27-10-4-2-5-11-27/h2-19,30,32,34H,20-25H2,1H3. The van der Waals surface area contributed by atoms with Gasteiger partial charge in [-0.1, -0.05) is 91.0 Å². The first kappa shape index (κ1) is 27.6. The SMILES string of the molecule is COc1ccc(Cc2ccccc2OC2CC(OCc3ccccc3)CC(COCc3ccccc3)C2=O)cc1. The molecule has 1 aliphatic rings. The van der Waals surface area contributed by atoms with Crippen molar-refractivity contribution in [3.8, 4) is 11.5 Å². The van der Waals surface area contributed by atoms with Crippen LogP contribution in [0.25, 0.3) is 0 Å². The first-order valence-corrected chi connectivity index (χ1v) is 13.9.